The van der Waals surface area contributed by atoms with Crippen LogP contribution in [0.5, 0.6) is 5.75 Å². The molecular weight excluding hydrogens is 192 g/mol. The number of benzene rings is 1. The maximum atomic E-state index is 10.9. The molecule has 0 heterocycles. The smallest absolute Gasteiger partial charge is 0.345 e. The van der Waals surface area contributed by atoms with Crippen molar-refractivity contribution in [2.45, 2.75) is 26.9 Å². The molecule has 3 nitrogen and oxygen atoms in total. The Morgan fingerprint density at radius 2 is 2.07 bits per heavy atom. The molecule has 0 aliphatic heterocycles. The third kappa shape index (κ3) is 3.27. The van der Waals surface area contributed by atoms with Crippen molar-refractivity contribution < 1.29 is 14.6 Å². The quantitative estimate of drug-likeness (QED) is 0.826. The second-order valence-corrected chi connectivity index (χ2v) is 3.94. The molecule has 0 radical (unpaired) electrons. The van der Waals surface area contributed by atoms with Gasteiger partial charge in [-0.3, -0.25) is 0 Å². The third-order valence-electron chi connectivity index (χ3n) is 2.10. The Labute approximate surface area is 89.7 Å². The maximum Gasteiger partial charge on any atom is 0.345 e. The van der Waals surface area contributed by atoms with Gasteiger partial charge in [-0.15, -0.1) is 0 Å². The van der Waals surface area contributed by atoms with Crippen LogP contribution >= 0.6 is 0 Å². The van der Waals surface area contributed by atoms with E-state index in [2.05, 4.69) is 0 Å². The van der Waals surface area contributed by atoms with E-state index in [0.29, 0.717) is 5.75 Å². The molecule has 0 spiro atoms. The molecule has 1 aromatic rings. The highest BCUT2D eigenvalue weighted by Gasteiger charge is 2.23. The van der Waals surface area contributed by atoms with E-state index >= 15 is 0 Å². The van der Waals surface area contributed by atoms with Gasteiger partial charge >= 0.3 is 5.97 Å². The highest BCUT2D eigenvalue weighted by Crippen LogP contribution is 2.17. The number of aliphatic carboxylic acids is 1. The first-order valence-electron chi connectivity index (χ1n) is 4.97. The number of hydrogen-bond acceptors (Lipinski definition) is 2. The molecule has 1 rings (SSSR count). The van der Waals surface area contributed by atoms with Crippen molar-refractivity contribution in [1.29, 1.82) is 0 Å². The lowest BCUT2D eigenvalue weighted by molar-refractivity contribution is -0.147. The summed E-state index contributed by atoms with van der Waals surface area (Å²) in [7, 11) is 0. The molecule has 0 aliphatic carbocycles. The lowest BCUT2D eigenvalue weighted by Gasteiger charge is -2.18. The number of rotatable bonds is 4. The monoisotopic (exact) mass is 208 g/mol. The number of carboxylic acid groups (broad SMARTS) is 1. The average molecular weight is 208 g/mol. The lowest BCUT2D eigenvalue weighted by Crippen LogP contribution is -2.32. The van der Waals surface area contributed by atoms with Gasteiger partial charge in [0.25, 0.3) is 0 Å². The summed E-state index contributed by atoms with van der Waals surface area (Å²) in [4.78, 5) is 10.9. The maximum absolute atomic E-state index is 10.9. The molecule has 1 aromatic carbocycles. The summed E-state index contributed by atoms with van der Waals surface area (Å²) in [6.07, 6.45) is -0.785. The van der Waals surface area contributed by atoms with E-state index in [0.717, 1.165) is 5.56 Å². The van der Waals surface area contributed by atoms with Crippen LogP contribution in [0.3, 0.4) is 0 Å². The van der Waals surface area contributed by atoms with E-state index in [1.54, 1.807) is 6.07 Å². The van der Waals surface area contributed by atoms with Gasteiger partial charge in [-0.2, -0.15) is 0 Å². The molecule has 0 aliphatic rings. The van der Waals surface area contributed by atoms with Crippen LogP contribution in [0.2, 0.25) is 0 Å². The van der Waals surface area contributed by atoms with Crippen LogP contribution in [0.15, 0.2) is 24.3 Å². The van der Waals surface area contributed by atoms with E-state index in [1.165, 1.54) is 0 Å². The summed E-state index contributed by atoms with van der Waals surface area (Å²) < 4.78 is 5.42. The molecule has 3 heteroatoms. The first-order chi connectivity index (χ1) is 7.00. The van der Waals surface area contributed by atoms with Gasteiger partial charge < -0.3 is 9.84 Å². The normalized spacial score (nSPS) is 12.5. The fourth-order valence-corrected chi connectivity index (χ4v) is 1.31. The van der Waals surface area contributed by atoms with Gasteiger partial charge in [-0.25, -0.2) is 4.79 Å². The largest absolute Gasteiger partial charge is 0.478 e. The minimum atomic E-state index is -0.925. The van der Waals surface area contributed by atoms with Gasteiger partial charge in [-0.1, -0.05) is 26.0 Å². The Morgan fingerprint density at radius 1 is 1.40 bits per heavy atom. The zero-order chi connectivity index (χ0) is 11.4. The van der Waals surface area contributed by atoms with Gasteiger partial charge in [-0.05, 0) is 24.6 Å². The van der Waals surface area contributed by atoms with Crippen LogP contribution in [0, 0.1) is 12.8 Å². The number of carbonyl (C=O) groups is 1. The van der Waals surface area contributed by atoms with Crippen LogP contribution < -0.4 is 4.74 Å². The number of carboxylic acids is 1. The second-order valence-electron chi connectivity index (χ2n) is 3.94. The van der Waals surface area contributed by atoms with Crippen LogP contribution in [-0.4, -0.2) is 17.2 Å². The van der Waals surface area contributed by atoms with Crippen LogP contribution in [0.1, 0.15) is 19.4 Å². The van der Waals surface area contributed by atoms with E-state index in [9.17, 15) is 4.79 Å². The summed E-state index contributed by atoms with van der Waals surface area (Å²) in [6.45, 7) is 5.60. The predicted octanol–water partition coefficient (Wildman–Crippen LogP) is 2.48. The summed E-state index contributed by atoms with van der Waals surface area (Å²) in [6, 6.07) is 7.39. The van der Waals surface area contributed by atoms with Crippen molar-refractivity contribution in [2.24, 2.45) is 5.92 Å². The predicted molar refractivity (Wildman–Crippen MR) is 58.1 cm³/mol. The van der Waals surface area contributed by atoms with E-state index < -0.39 is 12.1 Å². The highest BCUT2D eigenvalue weighted by molar-refractivity contribution is 5.73. The molecule has 0 saturated heterocycles. The van der Waals surface area contributed by atoms with Gasteiger partial charge in [0, 0.05) is 5.92 Å². The van der Waals surface area contributed by atoms with Gasteiger partial charge in [0.1, 0.15) is 5.75 Å². The standard InChI is InChI=1S/C12H16O3/c1-8(2)11(12(13)14)15-10-6-4-5-9(3)7-10/h4-8,11H,1-3H3,(H,13,14). The molecule has 15 heavy (non-hydrogen) atoms. The molecule has 1 atom stereocenters. The Morgan fingerprint density at radius 3 is 2.53 bits per heavy atom. The number of aryl methyl sites for hydroxylation is 1. The molecular formula is C12H16O3. The fraction of sp³-hybridized carbons (Fsp3) is 0.417. The summed E-state index contributed by atoms with van der Waals surface area (Å²) >= 11 is 0. The topological polar surface area (TPSA) is 46.5 Å². The van der Waals surface area contributed by atoms with E-state index in [-0.39, 0.29) is 5.92 Å². The molecule has 82 valence electrons. The zero-order valence-electron chi connectivity index (χ0n) is 9.23. The van der Waals surface area contributed by atoms with Crippen molar-refractivity contribution in [2.75, 3.05) is 0 Å². The van der Waals surface area contributed by atoms with Gasteiger partial charge in [0.2, 0.25) is 0 Å². The minimum Gasteiger partial charge on any atom is -0.478 e. The second kappa shape index (κ2) is 4.82. The summed E-state index contributed by atoms with van der Waals surface area (Å²) in [5.74, 6) is -0.370. The minimum absolute atomic E-state index is 0.0528. The van der Waals surface area contributed by atoms with Crippen molar-refractivity contribution in [3.05, 3.63) is 29.8 Å². The highest BCUT2D eigenvalue weighted by atomic mass is 16.5. The Kier molecular flexibility index (Phi) is 3.72. The van der Waals surface area contributed by atoms with E-state index in [4.69, 9.17) is 9.84 Å². The number of ether oxygens (including phenoxy) is 1. The van der Waals surface area contributed by atoms with Crippen molar-refractivity contribution in [3.8, 4) is 5.75 Å². The van der Waals surface area contributed by atoms with Gasteiger partial charge in [0.05, 0.1) is 0 Å². The molecule has 0 amide bonds. The Bertz CT molecular complexity index is 344. The molecule has 1 N–H and O–H groups in total. The first-order valence-corrected chi connectivity index (χ1v) is 4.97. The zero-order valence-corrected chi connectivity index (χ0v) is 9.23. The summed E-state index contributed by atoms with van der Waals surface area (Å²) in [5, 5.41) is 8.95. The van der Waals surface area contributed by atoms with Gasteiger partial charge in [0.15, 0.2) is 6.10 Å². The SMILES string of the molecule is Cc1cccc(OC(C(=O)O)C(C)C)c1. The van der Waals surface area contributed by atoms with Crippen LogP contribution in [0.4, 0.5) is 0 Å². The number of hydrogen-bond donors (Lipinski definition) is 1. The van der Waals surface area contributed by atoms with Crippen LogP contribution in [-0.2, 0) is 4.79 Å². The van der Waals surface area contributed by atoms with Crippen molar-refractivity contribution >= 4 is 5.97 Å². The van der Waals surface area contributed by atoms with Crippen LogP contribution in [0.25, 0.3) is 0 Å². The van der Waals surface area contributed by atoms with E-state index in [1.807, 2.05) is 39.0 Å². The summed E-state index contributed by atoms with van der Waals surface area (Å²) in [5.41, 5.74) is 1.06. The molecule has 0 aromatic heterocycles. The molecule has 0 saturated carbocycles. The van der Waals surface area contributed by atoms with Crippen molar-refractivity contribution in [3.63, 3.8) is 0 Å². The first kappa shape index (κ1) is 11.6. The molecule has 0 bridgehead atoms. The third-order valence-corrected chi connectivity index (χ3v) is 2.10. The molecule has 0 fully saturated rings. The Balaban J connectivity index is 2.79. The fourth-order valence-electron chi connectivity index (χ4n) is 1.31. The van der Waals surface area contributed by atoms with Crippen molar-refractivity contribution in [1.82, 2.24) is 0 Å². The molecule has 1 unspecified atom stereocenters. The lowest BCUT2D eigenvalue weighted by atomic mass is 10.1. The average Bonchev–Trinajstić information content (AvgIpc) is 2.13. The Hall–Kier alpha value is -1.51.